The standard InChI is InChI=1S/C20H23ClF2N2O5S/c1-20(27)6-8-30-9-7-25(12-20)31(28,29)18-10-13(2-4-17(18)23)19(26)24-14-3-5-16(22)15(21)11-14/h2-5,10-11,19,24,26-27H,6-9,12H2,1H3. The Kier molecular flexibility index (Phi) is 7.19. The molecule has 0 bridgehead atoms. The highest BCUT2D eigenvalue weighted by molar-refractivity contribution is 7.89. The van der Waals surface area contributed by atoms with Gasteiger partial charge in [-0.25, -0.2) is 17.2 Å². The quantitative estimate of drug-likeness (QED) is 0.574. The largest absolute Gasteiger partial charge is 0.389 e. The second kappa shape index (κ2) is 9.35. The Morgan fingerprint density at radius 2 is 1.90 bits per heavy atom. The van der Waals surface area contributed by atoms with E-state index in [0.29, 0.717) is 0 Å². The molecular formula is C20H23ClF2N2O5S. The second-order valence-corrected chi connectivity index (χ2v) is 9.88. The van der Waals surface area contributed by atoms with Crippen molar-refractivity contribution in [3.8, 4) is 0 Å². The van der Waals surface area contributed by atoms with E-state index >= 15 is 0 Å². The maximum absolute atomic E-state index is 14.5. The molecule has 1 aliphatic rings. The molecule has 0 radical (unpaired) electrons. The topological polar surface area (TPSA) is 99.1 Å². The summed E-state index contributed by atoms with van der Waals surface area (Å²) in [7, 11) is -4.34. The van der Waals surface area contributed by atoms with Gasteiger partial charge < -0.3 is 20.3 Å². The summed E-state index contributed by atoms with van der Waals surface area (Å²) in [5.74, 6) is -1.63. The van der Waals surface area contributed by atoms with Crippen molar-refractivity contribution in [2.45, 2.75) is 30.1 Å². The van der Waals surface area contributed by atoms with Gasteiger partial charge in [-0.1, -0.05) is 17.7 Å². The van der Waals surface area contributed by atoms with Crippen molar-refractivity contribution in [3.63, 3.8) is 0 Å². The molecule has 1 fully saturated rings. The Morgan fingerprint density at radius 1 is 1.19 bits per heavy atom. The first-order chi connectivity index (χ1) is 14.5. The van der Waals surface area contributed by atoms with Crippen molar-refractivity contribution >= 4 is 27.3 Å². The summed E-state index contributed by atoms with van der Waals surface area (Å²) >= 11 is 5.72. The Hall–Kier alpha value is -1.82. The Labute approximate surface area is 184 Å². The van der Waals surface area contributed by atoms with Crippen molar-refractivity contribution < 1.29 is 32.1 Å². The zero-order valence-electron chi connectivity index (χ0n) is 16.7. The van der Waals surface area contributed by atoms with Crippen LogP contribution in [-0.2, 0) is 14.8 Å². The molecule has 0 amide bonds. The number of sulfonamides is 1. The molecular weight excluding hydrogens is 454 g/mol. The van der Waals surface area contributed by atoms with Crippen LogP contribution < -0.4 is 5.32 Å². The fourth-order valence-electron chi connectivity index (χ4n) is 3.16. The van der Waals surface area contributed by atoms with Gasteiger partial charge in [0, 0.05) is 37.4 Å². The van der Waals surface area contributed by atoms with Gasteiger partial charge in [0.15, 0.2) is 6.23 Å². The fraction of sp³-hybridized carbons (Fsp3) is 0.400. The first-order valence-electron chi connectivity index (χ1n) is 9.49. The van der Waals surface area contributed by atoms with Gasteiger partial charge in [-0.2, -0.15) is 4.31 Å². The Morgan fingerprint density at radius 3 is 2.61 bits per heavy atom. The summed E-state index contributed by atoms with van der Waals surface area (Å²) in [6, 6.07) is 6.88. The van der Waals surface area contributed by atoms with E-state index in [1.54, 1.807) is 0 Å². The van der Waals surface area contributed by atoms with E-state index in [9.17, 15) is 27.4 Å². The number of β-amino-alcohol motifs (C(OH)–C–C–N with tert-alkyl or cyclic N) is 1. The molecule has 1 heterocycles. The molecule has 2 aromatic carbocycles. The van der Waals surface area contributed by atoms with E-state index in [0.717, 1.165) is 22.5 Å². The Balaban J connectivity index is 1.89. The van der Waals surface area contributed by atoms with Crippen LogP contribution >= 0.6 is 11.6 Å². The van der Waals surface area contributed by atoms with E-state index in [4.69, 9.17) is 16.3 Å². The molecule has 31 heavy (non-hydrogen) atoms. The number of nitrogens with one attached hydrogen (secondary N) is 1. The molecule has 1 aliphatic heterocycles. The number of nitrogens with zero attached hydrogens (tertiary/aromatic N) is 1. The van der Waals surface area contributed by atoms with Crippen LogP contribution in [0, 0.1) is 11.6 Å². The third-order valence-corrected chi connectivity index (χ3v) is 7.05. The first kappa shape index (κ1) is 23.8. The highest BCUT2D eigenvalue weighted by Crippen LogP contribution is 2.28. The van der Waals surface area contributed by atoms with Crippen molar-refractivity contribution in [2.75, 3.05) is 31.6 Å². The van der Waals surface area contributed by atoms with E-state index < -0.39 is 38.4 Å². The minimum atomic E-state index is -4.34. The molecule has 2 atom stereocenters. The van der Waals surface area contributed by atoms with Gasteiger partial charge in [0.1, 0.15) is 16.5 Å². The molecule has 7 nitrogen and oxygen atoms in total. The summed E-state index contributed by atoms with van der Waals surface area (Å²) in [4.78, 5) is -0.639. The predicted octanol–water partition coefficient (Wildman–Crippen LogP) is 2.88. The number of rotatable bonds is 5. The van der Waals surface area contributed by atoms with E-state index in [1.165, 1.54) is 25.1 Å². The zero-order valence-corrected chi connectivity index (χ0v) is 18.3. The van der Waals surface area contributed by atoms with Crippen LogP contribution in [0.4, 0.5) is 14.5 Å². The smallest absolute Gasteiger partial charge is 0.246 e. The first-order valence-corrected chi connectivity index (χ1v) is 11.3. The van der Waals surface area contributed by atoms with Crippen LogP contribution in [0.5, 0.6) is 0 Å². The molecule has 0 saturated carbocycles. The summed E-state index contributed by atoms with van der Waals surface area (Å²) in [6.07, 6.45) is -1.19. The lowest BCUT2D eigenvalue weighted by Crippen LogP contribution is -2.47. The van der Waals surface area contributed by atoms with E-state index in [1.807, 2.05) is 0 Å². The molecule has 0 spiro atoms. The van der Waals surface area contributed by atoms with Gasteiger partial charge in [-0.3, -0.25) is 0 Å². The SMILES string of the molecule is CC1(O)CCOCCN(S(=O)(=O)c2cc(C(O)Nc3ccc(F)c(Cl)c3)ccc2F)C1. The number of benzene rings is 2. The van der Waals surface area contributed by atoms with Crippen LogP contribution in [0.2, 0.25) is 5.02 Å². The molecule has 170 valence electrons. The van der Waals surface area contributed by atoms with Gasteiger partial charge in [0.25, 0.3) is 0 Å². The molecule has 0 aromatic heterocycles. The normalized spacial score (nSPS) is 21.9. The summed E-state index contributed by atoms with van der Waals surface area (Å²) < 4.78 is 60.4. The van der Waals surface area contributed by atoms with Crippen molar-refractivity contribution in [2.24, 2.45) is 0 Å². The van der Waals surface area contributed by atoms with Crippen LogP contribution in [-0.4, -0.2) is 54.8 Å². The molecule has 11 heteroatoms. The number of hydrogen-bond acceptors (Lipinski definition) is 6. The van der Waals surface area contributed by atoms with Gasteiger partial charge in [-0.05, 0) is 37.3 Å². The average Bonchev–Trinajstić information content (AvgIpc) is 2.68. The summed E-state index contributed by atoms with van der Waals surface area (Å²) in [6.45, 7) is 1.59. The predicted molar refractivity (Wildman–Crippen MR) is 111 cm³/mol. The number of aliphatic hydroxyl groups excluding tert-OH is 1. The van der Waals surface area contributed by atoms with Crippen molar-refractivity contribution in [3.05, 3.63) is 58.6 Å². The van der Waals surface area contributed by atoms with Crippen LogP contribution in [0.25, 0.3) is 0 Å². The lowest BCUT2D eigenvalue weighted by atomic mass is 10.0. The second-order valence-electron chi connectivity index (χ2n) is 7.56. The molecule has 3 rings (SSSR count). The van der Waals surface area contributed by atoms with E-state index in [2.05, 4.69) is 5.32 Å². The molecule has 1 saturated heterocycles. The third kappa shape index (κ3) is 5.71. The maximum atomic E-state index is 14.5. The lowest BCUT2D eigenvalue weighted by molar-refractivity contribution is -0.0199. The minimum absolute atomic E-state index is 0.0585. The number of ether oxygens (including phenoxy) is 1. The highest BCUT2D eigenvalue weighted by Gasteiger charge is 2.35. The molecule has 2 unspecified atom stereocenters. The Bertz CT molecular complexity index is 1050. The van der Waals surface area contributed by atoms with Crippen LogP contribution in [0.3, 0.4) is 0 Å². The average molecular weight is 477 g/mol. The summed E-state index contributed by atoms with van der Waals surface area (Å²) in [5, 5.41) is 23.4. The number of anilines is 1. The van der Waals surface area contributed by atoms with Gasteiger partial charge >= 0.3 is 0 Å². The van der Waals surface area contributed by atoms with Gasteiger partial charge in [-0.15, -0.1) is 0 Å². The monoisotopic (exact) mass is 476 g/mol. The third-order valence-electron chi connectivity index (χ3n) is 4.90. The highest BCUT2D eigenvalue weighted by atomic mass is 35.5. The molecule has 0 aliphatic carbocycles. The van der Waals surface area contributed by atoms with Crippen molar-refractivity contribution in [1.82, 2.24) is 4.31 Å². The molecule has 3 N–H and O–H groups in total. The number of hydrogen-bond donors (Lipinski definition) is 3. The van der Waals surface area contributed by atoms with Gasteiger partial charge in [0.2, 0.25) is 10.0 Å². The minimum Gasteiger partial charge on any atom is -0.389 e. The van der Waals surface area contributed by atoms with Crippen molar-refractivity contribution in [1.29, 1.82) is 0 Å². The summed E-state index contributed by atoms with van der Waals surface area (Å²) in [5.41, 5.74) is -0.995. The van der Waals surface area contributed by atoms with Gasteiger partial charge in [0.05, 0.1) is 17.2 Å². The molecule has 2 aromatic rings. The number of halogens is 3. The lowest BCUT2D eigenvalue weighted by Gasteiger charge is -2.33. The number of aliphatic hydroxyl groups is 2. The van der Waals surface area contributed by atoms with Crippen LogP contribution in [0.15, 0.2) is 41.3 Å². The van der Waals surface area contributed by atoms with Crippen LogP contribution in [0.1, 0.15) is 25.1 Å². The maximum Gasteiger partial charge on any atom is 0.246 e. The zero-order chi connectivity index (χ0) is 22.8. The van der Waals surface area contributed by atoms with E-state index in [-0.39, 0.29) is 49.0 Å². The fourth-order valence-corrected chi connectivity index (χ4v) is 4.98.